The van der Waals surface area contributed by atoms with Crippen LogP contribution >= 0.6 is 0 Å². The van der Waals surface area contributed by atoms with Gasteiger partial charge in [0, 0.05) is 42.6 Å². The van der Waals surface area contributed by atoms with Gasteiger partial charge in [-0.3, -0.25) is 14.5 Å². The minimum absolute atomic E-state index is 0.211. The summed E-state index contributed by atoms with van der Waals surface area (Å²) in [5, 5.41) is 6.93. The zero-order valence-corrected chi connectivity index (χ0v) is 13.6. The number of nitrogens with one attached hydrogen (secondary N) is 1. The fourth-order valence-electron chi connectivity index (χ4n) is 2.18. The third-order valence-corrected chi connectivity index (χ3v) is 3.36. The lowest BCUT2D eigenvalue weighted by Gasteiger charge is -2.08. The summed E-state index contributed by atoms with van der Waals surface area (Å²) in [7, 11) is 0. The van der Waals surface area contributed by atoms with E-state index in [1.807, 2.05) is 42.6 Å². The molecule has 0 spiro atoms. The largest absolute Gasteiger partial charge is 0.492 e. The van der Waals surface area contributed by atoms with Crippen LogP contribution < -0.4 is 10.1 Å². The fourth-order valence-corrected chi connectivity index (χ4v) is 2.18. The molecule has 6 nitrogen and oxygen atoms in total. The highest BCUT2D eigenvalue weighted by Crippen LogP contribution is 2.17. The molecule has 0 aliphatic rings. The molecule has 0 aliphatic heterocycles. The van der Waals surface area contributed by atoms with E-state index in [-0.39, 0.29) is 5.91 Å². The first-order valence-corrected chi connectivity index (χ1v) is 7.89. The molecule has 0 aliphatic carbocycles. The predicted molar refractivity (Wildman–Crippen MR) is 96.1 cm³/mol. The third kappa shape index (κ3) is 5.31. The summed E-state index contributed by atoms with van der Waals surface area (Å²) >= 11 is 0. The van der Waals surface area contributed by atoms with Crippen molar-refractivity contribution in [2.45, 2.75) is 6.54 Å². The van der Waals surface area contributed by atoms with E-state index < -0.39 is 0 Å². The van der Waals surface area contributed by atoms with Gasteiger partial charge in [0.05, 0.1) is 6.54 Å². The average Bonchev–Trinajstić information content (AvgIpc) is 3.15. The lowest BCUT2D eigenvalue weighted by Crippen LogP contribution is -2.10. The van der Waals surface area contributed by atoms with Crippen molar-refractivity contribution < 1.29 is 9.53 Å². The Kier molecular flexibility index (Phi) is 5.56. The second kappa shape index (κ2) is 8.44. The van der Waals surface area contributed by atoms with Crippen LogP contribution in [0.25, 0.3) is 6.08 Å². The van der Waals surface area contributed by atoms with E-state index in [0.717, 1.165) is 5.56 Å². The number of carbonyl (C=O) groups is 1. The van der Waals surface area contributed by atoms with Gasteiger partial charge in [0.2, 0.25) is 5.91 Å². The Labute approximate surface area is 145 Å². The molecule has 1 amide bonds. The second-order valence-electron chi connectivity index (χ2n) is 5.25. The van der Waals surface area contributed by atoms with Crippen LogP contribution in [0.1, 0.15) is 5.56 Å². The summed E-state index contributed by atoms with van der Waals surface area (Å²) in [5.41, 5.74) is 1.55. The maximum absolute atomic E-state index is 12.0. The first kappa shape index (κ1) is 16.4. The minimum atomic E-state index is -0.211. The standard InChI is InChI=1S/C19H18N4O2/c24-19(8-7-16-4-2-9-20-15-16)22-17-5-1-6-18(14-17)25-13-12-23-11-3-10-21-23/h1-11,14-15H,12-13H2,(H,22,24)/b8-7-. The Bertz CT molecular complexity index is 830. The van der Waals surface area contributed by atoms with Gasteiger partial charge >= 0.3 is 0 Å². The predicted octanol–water partition coefficient (Wildman–Crippen LogP) is 3.01. The van der Waals surface area contributed by atoms with Crippen LogP contribution in [0.5, 0.6) is 5.75 Å². The Morgan fingerprint density at radius 1 is 1.20 bits per heavy atom. The van der Waals surface area contributed by atoms with Crippen LogP contribution in [-0.4, -0.2) is 27.3 Å². The van der Waals surface area contributed by atoms with Crippen molar-refractivity contribution in [3.05, 3.63) is 78.9 Å². The molecule has 1 N–H and O–H groups in total. The van der Waals surface area contributed by atoms with E-state index in [1.54, 1.807) is 35.4 Å². The van der Waals surface area contributed by atoms with Crippen molar-refractivity contribution in [3.8, 4) is 5.75 Å². The monoisotopic (exact) mass is 334 g/mol. The van der Waals surface area contributed by atoms with Gasteiger partial charge in [-0.25, -0.2) is 0 Å². The summed E-state index contributed by atoms with van der Waals surface area (Å²) in [6.07, 6.45) is 10.2. The number of benzene rings is 1. The van der Waals surface area contributed by atoms with Crippen LogP contribution in [0, 0.1) is 0 Å². The molecule has 0 bridgehead atoms. The number of carbonyl (C=O) groups excluding carboxylic acids is 1. The minimum Gasteiger partial charge on any atom is -0.492 e. The Morgan fingerprint density at radius 3 is 2.96 bits per heavy atom. The number of rotatable bonds is 7. The van der Waals surface area contributed by atoms with E-state index in [2.05, 4.69) is 15.4 Å². The maximum Gasteiger partial charge on any atom is 0.248 e. The molecular weight excluding hydrogens is 316 g/mol. The van der Waals surface area contributed by atoms with E-state index in [1.165, 1.54) is 6.08 Å². The molecular formula is C19H18N4O2. The molecule has 0 saturated carbocycles. The van der Waals surface area contributed by atoms with E-state index in [4.69, 9.17) is 4.74 Å². The smallest absolute Gasteiger partial charge is 0.248 e. The van der Waals surface area contributed by atoms with Crippen LogP contribution in [0.2, 0.25) is 0 Å². The van der Waals surface area contributed by atoms with Crippen molar-refractivity contribution in [2.75, 3.05) is 11.9 Å². The lowest BCUT2D eigenvalue weighted by atomic mass is 10.2. The van der Waals surface area contributed by atoms with Crippen molar-refractivity contribution in [1.29, 1.82) is 0 Å². The molecule has 1 aromatic carbocycles. The highest BCUT2D eigenvalue weighted by Gasteiger charge is 2.01. The van der Waals surface area contributed by atoms with E-state index in [9.17, 15) is 4.79 Å². The molecule has 0 saturated heterocycles. The van der Waals surface area contributed by atoms with Crippen LogP contribution in [0.4, 0.5) is 5.69 Å². The fraction of sp³-hybridized carbons (Fsp3) is 0.105. The molecule has 126 valence electrons. The van der Waals surface area contributed by atoms with Gasteiger partial charge in [-0.15, -0.1) is 0 Å². The van der Waals surface area contributed by atoms with Crippen molar-refractivity contribution in [1.82, 2.24) is 14.8 Å². The molecule has 0 unspecified atom stereocenters. The third-order valence-electron chi connectivity index (χ3n) is 3.36. The summed E-state index contributed by atoms with van der Waals surface area (Å²) in [4.78, 5) is 16.0. The first-order chi connectivity index (χ1) is 12.3. The molecule has 0 atom stereocenters. The number of pyridine rings is 1. The molecule has 3 aromatic rings. The summed E-state index contributed by atoms with van der Waals surface area (Å²) in [5.74, 6) is 0.485. The van der Waals surface area contributed by atoms with Crippen molar-refractivity contribution in [2.24, 2.45) is 0 Å². The van der Waals surface area contributed by atoms with Gasteiger partial charge in [-0.2, -0.15) is 5.10 Å². The number of ether oxygens (including phenoxy) is 1. The number of nitrogens with zero attached hydrogens (tertiary/aromatic N) is 3. The first-order valence-electron chi connectivity index (χ1n) is 7.89. The van der Waals surface area contributed by atoms with Crippen molar-refractivity contribution in [3.63, 3.8) is 0 Å². The average molecular weight is 334 g/mol. The van der Waals surface area contributed by atoms with Gasteiger partial charge in [0.15, 0.2) is 0 Å². The SMILES string of the molecule is O=C(/C=C\c1cccnc1)Nc1cccc(OCCn2cccn2)c1. The Hall–Kier alpha value is -3.41. The van der Waals surface area contributed by atoms with Gasteiger partial charge in [-0.1, -0.05) is 12.1 Å². The number of hydrogen-bond donors (Lipinski definition) is 1. The number of hydrogen-bond acceptors (Lipinski definition) is 4. The van der Waals surface area contributed by atoms with Gasteiger partial charge < -0.3 is 10.1 Å². The highest BCUT2D eigenvalue weighted by molar-refractivity contribution is 6.01. The number of amides is 1. The summed E-state index contributed by atoms with van der Waals surface area (Å²) in [6, 6.07) is 12.9. The summed E-state index contributed by atoms with van der Waals surface area (Å²) < 4.78 is 7.49. The molecule has 2 heterocycles. The Morgan fingerprint density at radius 2 is 2.16 bits per heavy atom. The zero-order valence-electron chi connectivity index (χ0n) is 13.6. The highest BCUT2D eigenvalue weighted by atomic mass is 16.5. The van der Waals surface area contributed by atoms with E-state index in [0.29, 0.717) is 24.6 Å². The van der Waals surface area contributed by atoms with Gasteiger partial charge in [-0.05, 0) is 35.9 Å². The van der Waals surface area contributed by atoms with Crippen LogP contribution in [-0.2, 0) is 11.3 Å². The Balaban J connectivity index is 1.52. The molecule has 0 radical (unpaired) electrons. The molecule has 3 rings (SSSR count). The summed E-state index contributed by atoms with van der Waals surface area (Å²) in [6.45, 7) is 1.16. The molecule has 25 heavy (non-hydrogen) atoms. The quantitative estimate of drug-likeness (QED) is 0.674. The van der Waals surface area contributed by atoms with Crippen LogP contribution in [0.3, 0.4) is 0 Å². The van der Waals surface area contributed by atoms with Crippen molar-refractivity contribution >= 4 is 17.7 Å². The van der Waals surface area contributed by atoms with Crippen LogP contribution in [0.15, 0.2) is 73.3 Å². The number of anilines is 1. The molecule has 0 fully saturated rings. The lowest BCUT2D eigenvalue weighted by molar-refractivity contribution is -0.111. The molecule has 6 heteroatoms. The van der Waals surface area contributed by atoms with E-state index >= 15 is 0 Å². The normalized spacial score (nSPS) is 10.7. The topological polar surface area (TPSA) is 69.0 Å². The van der Waals surface area contributed by atoms with Gasteiger partial charge in [0.1, 0.15) is 12.4 Å². The van der Waals surface area contributed by atoms with Gasteiger partial charge in [0.25, 0.3) is 0 Å². The molecule has 2 aromatic heterocycles. The second-order valence-corrected chi connectivity index (χ2v) is 5.25. The number of aromatic nitrogens is 3. The maximum atomic E-state index is 12.0. The zero-order chi connectivity index (χ0) is 17.3.